The second kappa shape index (κ2) is 4.11. The van der Waals surface area contributed by atoms with E-state index in [1.807, 2.05) is 12.1 Å². The summed E-state index contributed by atoms with van der Waals surface area (Å²) in [5, 5.41) is 0.678. The Morgan fingerprint density at radius 3 is 2.75 bits per heavy atom. The van der Waals surface area contributed by atoms with Gasteiger partial charge in [-0.1, -0.05) is 46.2 Å². The Bertz CT molecular complexity index is 305. The van der Waals surface area contributed by atoms with Crippen molar-refractivity contribution in [3.63, 3.8) is 0 Å². The van der Waals surface area contributed by atoms with Crippen molar-refractivity contribution < 1.29 is 0 Å². The van der Waals surface area contributed by atoms with Crippen LogP contribution in [0.15, 0.2) is 34.3 Å². The van der Waals surface area contributed by atoms with Crippen LogP contribution in [-0.4, -0.2) is 0 Å². The molecular weight excluding hydrogens is 235 g/mol. The molecule has 0 spiro atoms. The number of halogens is 2. The lowest BCUT2D eigenvalue weighted by Crippen LogP contribution is -1.85. The number of benzene rings is 1. The SMILES string of the molecule is C=C(Cl)Cc1ccc(Br)c(C)c1. The molecule has 0 nitrogen and oxygen atoms in total. The number of aryl methyl sites for hydroxylation is 1. The van der Waals surface area contributed by atoms with E-state index in [9.17, 15) is 0 Å². The van der Waals surface area contributed by atoms with Crippen LogP contribution in [0, 0.1) is 6.92 Å². The molecular formula is C10H10BrCl. The molecule has 0 aliphatic heterocycles. The van der Waals surface area contributed by atoms with E-state index in [0.29, 0.717) is 5.03 Å². The zero-order chi connectivity index (χ0) is 9.14. The molecule has 0 unspecified atom stereocenters. The van der Waals surface area contributed by atoms with Gasteiger partial charge in [0.1, 0.15) is 0 Å². The van der Waals surface area contributed by atoms with Gasteiger partial charge < -0.3 is 0 Å². The molecule has 12 heavy (non-hydrogen) atoms. The highest BCUT2D eigenvalue weighted by molar-refractivity contribution is 9.10. The van der Waals surface area contributed by atoms with E-state index in [1.54, 1.807) is 0 Å². The topological polar surface area (TPSA) is 0 Å². The minimum atomic E-state index is 0.678. The van der Waals surface area contributed by atoms with Crippen LogP contribution in [0.1, 0.15) is 11.1 Å². The smallest absolute Gasteiger partial charge is 0.0204 e. The summed E-state index contributed by atoms with van der Waals surface area (Å²) in [6, 6.07) is 6.19. The van der Waals surface area contributed by atoms with E-state index < -0.39 is 0 Å². The van der Waals surface area contributed by atoms with E-state index in [-0.39, 0.29) is 0 Å². The fraction of sp³-hybridized carbons (Fsp3) is 0.200. The third kappa shape index (κ3) is 2.65. The van der Waals surface area contributed by atoms with Crippen molar-refractivity contribution in [2.75, 3.05) is 0 Å². The highest BCUT2D eigenvalue weighted by atomic mass is 79.9. The summed E-state index contributed by atoms with van der Waals surface area (Å²) in [7, 11) is 0. The molecule has 0 atom stereocenters. The Hall–Kier alpha value is -0.270. The molecule has 0 fully saturated rings. The summed E-state index contributed by atoms with van der Waals surface area (Å²) < 4.78 is 1.13. The molecule has 0 N–H and O–H groups in total. The monoisotopic (exact) mass is 244 g/mol. The standard InChI is InChI=1S/C10H10BrCl/c1-7-5-9(6-8(2)12)3-4-10(7)11/h3-5H,2,6H2,1H3. The minimum absolute atomic E-state index is 0.678. The lowest BCUT2D eigenvalue weighted by atomic mass is 10.1. The molecule has 0 aromatic heterocycles. The molecule has 1 aromatic carbocycles. The summed E-state index contributed by atoms with van der Waals surface area (Å²) >= 11 is 9.14. The van der Waals surface area contributed by atoms with Crippen molar-refractivity contribution in [1.82, 2.24) is 0 Å². The van der Waals surface area contributed by atoms with E-state index in [4.69, 9.17) is 11.6 Å². The normalized spacial score (nSPS) is 9.92. The predicted octanol–water partition coefficient (Wildman–Crippen LogP) is 4.05. The van der Waals surface area contributed by atoms with Crippen molar-refractivity contribution in [2.24, 2.45) is 0 Å². The van der Waals surface area contributed by atoms with Crippen molar-refractivity contribution in [1.29, 1.82) is 0 Å². The molecule has 0 heterocycles. The zero-order valence-electron chi connectivity index (χ0n) is 6.90. The summed E-state index contributed by atoms with van der Waals surface area (Å²) in [5.74, 6) is 0. The van der Waals surface area contributed by atoms with Gasteiger partial charge in [0.15, 0.2) is 0 Å². The lowest BCUT2D eigenvalue weighted by Gasteiger charge is -2.02. The lowest BCUT2D eigenvalue weighted by molar-refractivity contribution is 1.22. The Labute approximate surface area is 86.4 Å². The first-order valence-corrected chi connectivity index (χ1v) is 4.85. The van der Waals surface area contributed by atoms with Gasteiger partial charge in [-0.3, -0.25) is 0 Å². The van der Waals surface area contributed by atoms with Gasteiger partial charge in [-0.2, -0.15) is 0 Å². The van der Waals surface area contributed by atoms with Crippen LogP contribution < -0.4 is 0 Å². The zero-order valence-corrected chi connectivity index (χ0v) is 9.24. The first-order valence-electron chi connectivity index (χ1n) is 3.68. The molecule has 0 bridgehead atoms. The van der Waals surface area contributed by atoms with Crippen molar-refractivity contribution in [3.8, 4) is 0 Å². The van der Waals surface area contributed by atoms with E-state index in [1.165, 1.54) is 11.1 Å². The van der Waals surface area contributed by atoms with Crippen molar-refractivity contribution in [2.45, 2.75) is 13.3 Å². The van der Waals surface area contributed by atoms with Crippen LogP contribution in [0.4, 0.5) is 0 Å². The number of hydrogen-bond donors (Lipinski definition) is 0. The van der Waals surface area contributed by atoms with E-state index >= 15 is 0 Å². The fourth-order valence-electron chi connectivity index (χ4n) is 1.04. The Morgan fingerprint density at radius 1 is 1.58 bits per heavy atom. The summed E-state index contributed by atoms with van der Waals surface area (Å²) in [6.07, 6.45) is 0.746. The van der Waals surface area contributed by atoms with Crippen molar-refractivity contribution in [3.05, 3.63) is 45.4 Å². The summed E-state index contributed by atoms with van der Waals surface area (Å²) in [5.41, 5.74) is 2.43. The molecule has 0 aliphatic carbocycles. The molecule has 1 rings (SSSR count). The molecule has 0 saturated carbocycles. The molecule has 0 saturated heterocycles. The van der Waals surface area contributed by atoms with Crippen LogP contribution in [0.5, 0.6) is 0 Å². The average Bonchev–Trinajstić information content (AvgIpc) is 1.96. The Kier molecular flexibility index (Phi) is 3.36. The molecule has 0 radical (unpaired) electrons. The van der Waals surface area contributed by atoms with E-state index in [2.05, 4.69) is 35.5 Å². The van der Waals surface area contributed by atoms with Crippen LogP contribution in [0.3, 0.4) is 0 Å². The van der Waals surface area contributed by atoms with Gasteiger partial charge in [-0.15, -0.1) is 0 Å². The van der Waals surface area contributed by atoms with Crippen molar-refractivity contribution >= 4 is 27.5 Å². The third-order valence-corrected chi connectivity index (χ3v) is 2.64. The number of allylic oxidation sites excluding steroid dienone is 1. The maximum atomic E-state index is 5.70. The molecule has 2 heteroatoms. The van der Waals surface area contributed by atoms with Gasteiger partial charge >= 0.3 is 0 Å². The second-order valence-electron chi connectivity index (χ2n) is 2.78. The molecule has 0 aliphatic rings. The highest BCUT2D eigenvalue weighted by Gasteiger charge is 1.97. The number of rotatable bonds is 2. The summed E-state index contributed by atoms with van der Waals surface area (Å²) in [4.78, 5) is 0. The van der Waals surface area contributed by atoms with Crippen LogP contribution in [0.25, 0.3) is 0 Å². The Balaban J connectivity index is 2.89. The first kappa shape index (κ1) is 9.82. The summed E-state index contributed by atoms with van der Waals surface area (Å²) in [6.45, 7) is 5.72. The van der Waals surface area contributed by atoms with Crippen LogP contribution in [-0.2, 0) is 6.42 Å². The van der Waals surface area contributed by atoms with Gasteiger partial charge in [-0.05, 0) is 24.1 Å². The molecule has 64 valence electrons. The largest absolute Gasteiger partial charge is 0.0894 e. The molecule has 0 amide bonds. The molecule has 1 aromatic rings. The van der Waals surface area contributed by atoms with Crippen LogP contribution in [0.2, 0.25) is 0 Å². The minimum Gasteiger partial charge on any atom is -0.0894 e. The maximum Gasteiger partial charge on any atom is 0.0204 e. The second-order valence-corrected chi connectivity index (χ2v) is 4.17. The van der Waals surface area contributed by atoms with Gasteiger partial charge in [0, 0.05) is 15.9 Å². The predicted molar refractivity (Wildman–Crippen MR) is 57.6 cm³/mol. The van der Waals surface area contributed by atoms with Crippen LogP contribution >= 0.6 is 27.5 Å². The van der Waals surface area contributed by atoms with Gasteiger partial charge in [0.2, 0.25) is 0 Å². The van der Waals surface area contributed by atoms with Gasteiger partial charge in [0.25, 0.3) is 0 Å². The third-order valence-electron chi connectivity index (χ3n) is 1.62. The Morgan fingerprint density at radius 2 is 2.25 bits per heavy atom. The maximum absolute atomic E-state index is 5.70. The highest BCUT2D eigenvalue weighted by Crippen LogP contribution is 2.19. The average molecular weight is 246 g/mol. The number of hydrogen-bond acceptors (Lipinski definition) is 0. The van der Waals surface area contributed by atoms with E-state index in [0.717, 1.165) is 10.9 Å². The van der Waals surface area contributed by atoms with Gasteiger partial charge in [0.05, 0.1) is 0 Å². The van der Waals surface area contributed by atoms with Gasteiger partial charge in [-0.25, -0.2) is 0 Å². The fourth-order valence-corrected chi connectivity index (χ4v) is 1.44. The first-order chi connectivity index (χ1) is 5.59. The quantitative estimate of drug-likeness (QED) is 0.737.